The largest absolute Gasteiger partial charge is 0.366 e. The number of fused-ring (bicyclic) bond motifs is 1. The van der Waals surface area contributed by atoms with Gasteiger partial charge in [0.1, 0.15) is 0 Å². The number of hydrogen-bond acceptors (Lipinski definition) is 3. The van der Waals surface area contributed by atoms with Crippen molar-refractivity contribution in [2.45, 2.75) is 38.1 Å². The van der Waals surface area contributed by atoms with Crippen molar-refractivity contribution in [3.8, 4) is 11.3 Å². The summed E-state index contributed by atoms with van der Waals surface area (Å²) in [6.45, 7) is 2.29. The highest BCUT2D eigenvalue weighted by Crippen LogP contribution is 2.29. The lowest BCUT2D eigenvalue weighted by molar-refractivity contribution is 0.100. The minimum absolute atomic E-state index is 0.427. The fourth-order valence-electron chi connectivity index (χ4n) is 3.84. The Morgan fingerprint density at radius 2 is 1.92 bits per heavy atom. The Bertz CT molecular complexity index is 767. The summed E-state index contributed by atoms with van der Waals surface area (Å²) in [5.74, 6) is -0.427. The Hall–Kier alpha value is -2.20. The van der Waals surface area contributed by atoms with Crippen molar-refractivity contribution < 1.29 is 4.79 Å². The normalized spacial score (nSPS) is 18.5. The molecule has 2 heterocycles. The van der Waals surface area contributed by atoms with Crippen LogP contribution in [-0.2, 0) is 12.8 Å². The Kier molecular flexibility index (Phi) is 4.07. The third-order valence-corrected chi connectivity index (χ3v) is 5.48. The molecule has 0 atom stereocenters. The Morgan fingerprint density at radius 3 is 2.62 bits per heavy atom. The van der Waals surface area contributed by atoms with E-state index in [1.54, 1.807) is 18.3 Å². The summed E-state index contributed by atoms with van der Waals surface area (Å²) in [6, 6.07) is 10.8. The number of aromatic nitrogens is 1. The topological polar surface area (TPSA) is 59.2 Å². The second-order valence-electron chi connectivity index (χ2n) is 6.87. The molecule has 2 N–H and O–H groups in total. The first kappa shape index (κ1) is 15.3. The first-order chi connectivity index (χ1) is 11.7. The molecule has 4 rings (SSSR count). The van der Waals surface area contributed by atoms with Crippen molar-refractivity contribution in [3.05, 3.63) is 53.2 Å². The van der Waals surface area contributed by atoms with E-state index in [0.717, 1.165) is 37.5 Å². The molecule has 1 saturated carbocycles. The number of nitrogens with two attached hydrogens (primary N) is 1. The van der Waals surface area contributed by atoms with E-state index >= 15 is 0 Å². The minimum atomic E-state index is -0.427. The monoisotopic (exact) mass is 321 g/mol. The van der Waals surface area contributed by atoms with Crippen LogP contribution in [0.4, 0.5) is 0 Å². The zero-order valence-electron chi connectivity index (χ0n) is 13.9. The second-order valence-corrected chi connectivity index (χ2v) is 6.87. The molecule has 0 spiro atoms. The maximum absolute atomic E-state index is 11.7. The van der Waals surface area contributed by atoms with Gasteiger partial charge < -0.3 is 5.73 Å². The predicted molar refractivity (Wildman–Crippen MR) is 94.8 cm³/mol. The number of rotatable bonds is 3. The molecule has 4 nitrogen and oxygen atoms in total. The van der Waals surface area contributed by atoms with Gasteiger partial charge in [0.25, 0.3) is 5.91 Å². The van der Waals surface area contributed by atoms with Gasteiger partial charge in [0.05, 0.1) is 11.3 Å². The fraction of sp³-hybridized carbons (Fsp3) is 0.400. The summed E-state index contributed by atoms with van der Waals surface area (Å²) in [5.41, 5.74) is 10.5. The molecule has 1 fully saturated rings. The van der Waals surface area contributed by atoms with Crippen molar-refractivity contribution in [2.75, 3.05) is 13.1 Å². The molecule has 0 unspecified atom stereocenters. The van der Waals surface area contributed by atoms with Crippen LogP contribution in [0.3, 0.4) is 0 Å². The molecule has 1 aromatic carbocycles. The van der Waals surface area contributed by atoms with Crippen molar-refractivity contribution in [3.63, 3.8) is 0 Å². The first-order valence-corrected chi connectivity index (χ1v) is 8.83. The predicted octanol–water partition coefficient (Wildman–Crippen LogP) is 2.80. The minimum Gasteiger partial charge on any atom is -0.366 e. The van der Waals surface area contributed by atoms with E-state index in [1.165, 1.54) is 30.4 Å². The van der Waals surface area contributed by atoms with Crippen LogP contribution in [0.5, 0.6) is 0 Å². The number of pyridine rings is 1. The average Bonchev–Trinajstić information content (AvgIpc) is 2.76. The lowest BCUT2D eigenvalue weighted by Crippen LogP contribution is -2.41. The molecule has 0 radical (unpaired) electrons. The molecular formula is C20H23N3O. The van der Waals surface area contributed by atoms with Crippen LogP contribution in [0.15, 0.2) is 36.5 Å². The first-order valence-electron chi connectivity index (χ1n) is 8.83. The molecule has 1 aliphatic carbocycles. The van der Waals surface area contributed by atoms with Crippen LogP contribution in [0.2, 0.25) is 0 Å². The zero-order chi connectivity index (χ0) is 16.5. The van der Waals surface area contributed by atoms with E-state index in [0.29, 0.717) is 11.3 Å². The third-order valence-electron chi connectivity index (χ3n) is 5.48. The zero-order valence-corrected chi connectivity index (χ0v) is 13.9. The van der Waals surface area contributed by atoms with Gasteiger partial charge in [0.15, 0.2) is 0 Å². The van der Waals surface area contributed by atoms with Gasteiger partial charge in [-0.05, 0) is 55.0 Å². The summed E-state index contributed by atoms with van der Waals surface area (Å²) < 4.78 is 0. The SMILES string of the molecule is NC(=O)c1cccnc1-c1ccc2c(c1)CCN(C1CCC1)CC2. The summed E-state index contributed by atoms with van der Waals surface area (Å²) >= 11 is 0. The molecule has 124 valence electrons. The van der Waals surface area contributed by atoms with Crippen LogP contribution in [-0.4, -0.2) is 34.9 Å². The number of amides is 1. The molecule has 2 aromatic rings. The Morgan fingerprint density at radius 1 is 1.12 bits per heavy atom. The van der Waals surface area contributed by atoms with Gasteiger partial charge in [0, 0.05) is 30.9 Å². The average molecular weight is 321 g/mol. The molecular weight excluding hydrogens is 298 g/mol. The van der Waals surface area contributed by atoms with E-state index in [1.807, 2.05) is 0 Å². The maximum Gasteiger partial charge on any atom is 0.250 e. The number of hydrogen-bond donors (Lipinski definition) is 1. The van der Waals surface area contributed by atoms with E-state index < -0.39 is 5.91 Å². The van der Waals surface area contributed by atoms with Crippen molar-refractivity contribution >= 4 is 5.91 Å². The van der Waals surface area contributed by atoms with Gasteiger partial charge in [-0.2, -0.15) is 0 Å². The lowest BCUT2D eigenvalue weighted by atomic mass is 9.91. The lowest BCUT2D eigenvalue weighted by Gasteiger charge is -2.36. The van der Waals surface area contributed by atoms with Gasteiger partial charge in [0.2, 0.25) is 0 Å². The standard InChI is InChI=1S/C20H23N3O/c21-20(24)18-5-2-10-22-19(18)16-7-6-14-8-11-23(17-3-1-4-17)12-9-15(14)13-16/h2,5-7,10,13,17H,1,3-4,8-9,11-12H2,(H2,21,24). The summed E-state index contributed by atoms with van der Waals surface area (Å²) in [7, 11) is 0. The number of benzene rings is 1. The summed E-state index contributed by atoms with van der Waals surface area (Å²) in [4.78, 5) is 18.7. The number of primary amides is 1. The third kappa shape index (κ3) is 2.82. The highest BCUT2D eigenvalue weighted by molar-refractivity contribution is 5.98. The fourth-order valence-corrected chi connectivity index (χ4v) is 3.84. The highest BCUT2D eigenvalue weighted by Gasteiger charge is 2.26. The van der Waals surface area contributed by atoms with Gasteiger partial charge in [-0.15, -0.1) is 0 Å². The molecule has 1 aliphatic heterocycles. The molecule has 1 amide bonds. The number of carbonyl (C=O) groups is 1. The number of nitrogens with zero attached hydrogens (tertiary/aromatic N) is 2. The molecule has 0 bridgehead atoms. The smallest absolute Gasteiger partial charge is 0.250 e. The molecule has 4 heteroatoms. The highest BCUT2D eigenvalue weighted by atomic mass is 16.1. The van der Waals surface area contributed by atoms with Crippen LogP contribution in [0, 0.1) is 0 Å². The van der Waals surface area contributed by atoms with Crippen LogP contribution in [0.25, 0.3) is 11.3 Å². The van der Waals surface area contributed by atoms with E-state index in [2.05, 4.69) is 28.1 Å². The quantitative estimate of drug-likeness (QED) is 0.945. The van der Waals surface area contributed by atoms with Gasteiger partial charge >= 0.3 is 0 Å². The molecule has 2 aliphatic rings. The Labute approximate surface area is 142 Å². The van der Waals surface area contributed by atoms with E-state index in [-0.39, 0.29) is 0 Å². The van der Waals surface area contributed by atoms with Gasteiger partial charge in [-0.3, -0.25) is 14.7 Å². The van der Waals surface area contributed by atoms with Crippen molar-refractivity contribution in [1.82, 2.24) is 9.88 Å². The Balaban J connectivity index is 1.63. The van der Waals surface area contributed by atoms with Gasteiger partial charge in [-0.1, -0.05) is 18.6 Å². The second kappa shape index (κ2) is 6.36. The molecule has 24 heavy (non-hydrogen) atoms. The molecule has 1 aromatic heterocycles. The summed E-state index contributed by atoms with van der Waals surface area (Å²) in [5, 5.41) is 0. The van der Waals surface area contributed by atoms with E-state index in [9.17, 15) is 4.79 Å². The molecule has 0 saturated heterocycles. The van der Waals surface area contributed by atoms with Gasteiger partial charge in [-0.25, -0.2) is 0 Å². The van der Waals surface area contributed by atoms with Crippen LogP contribution in [0.1, 0.15) is 40.7 Å². The summed E-state index contributed by atoms with van der Waals surface area (Å²) in [6.07, 6.45) is 7.99. The van der Waals surface area contributed by atoms with Crippen LogP contribution >= 0.6 is 0 Å². The van der Waals surface area contributed by atoms with Crippen molar-refractivity contribution in [2.24, 2.45) is 5.73 Å². The maximum atomic E-state index is 11.7. The van der Waals surface area contributed by atoms with E-state index in [4.69, 9.17) is 5.73 Å². The van der Waals surface area contributed by atoms with Crippen molar-refractivity contribution in [1.29, 1.82) is 0 Å². The number of carbonyl (C=O) groups excluding carboxylic acids is 1. The van der Waals surface area contributed by atoms with Crippen LogP contribution < -0.4 is 5.73 Å².